The van der Waals surface area contributed by atoms with Crippen molar-refractivity contribution < 1.29 is 0 Å². The van der Waals surface area contributed by atoms with Gasteiger partial charge >= 0.3 is 0 Å². The molecule has 1 aliphatic carbocycles. The van der Waals surface area contributed by atoms with Crippen molar-refractivity contribution in [1.29, 1.82) is 0 Å². The minimum Gasteiger partial charge on any atom is -0.100 e. The summed E-state index contributed by atoms with van der Waals surface area (Å²) in [7, 11) is 0. The van der Waals surface area contributed by atoms with Gasteiger partial charge in [-0.3, -0.25) is 0 Å². The molecule has 0 heteroatoms. The molecule has 1 atom stereocenters. The molecule has 0 radical (unpaired) electrons. The lowest BCUT2D eigenvalue weighted by Crippen LogP contribution is -2.25. The molecule has 0 aromatic rings. The summed E-state index contributed by atoms with van der Waals surface area (Å²) in [5.41, 5.74) is 3.10. The Hall–Kier alpha value is -0.520. The molecule has 0 aliphatic heterocycles. The highest BCUT2D eigenvalue weighted by molar-refractivity contribution is 5.16. The molecule has 0 spiro atoms. The van der Waals surface area contributed by atoms with Gasteiger partial charge in [0.15, 0.2) is 0 Å². The van der Waals surface area contributed by atoms with Gasteiger partial charge in [-0.05, 0) is 37.5 Å². The van der Waals surface area contributed by atoms with Gasteiger partial charge in [-0.25, -0.2) is 0 Å². The molecular weight excluding hydrogens is 156 g/mol. The Morgan fingerprint density at radius 3 is 2.69 bits per heavy atom. The topological polar surface area (TPSA) is 0 Å². The van der Waals surface area contributed by atoms with E-state index in [1.165, 1.54) is 30.4 Å². The lowest BCUT2D eigenvalue weighted by atomic mass is 9.67. The van der Waals surface area contributed by atoms with Crippen molar-refractivity contribution in [3.63, 3.8) is 0 Å². The van der Waals surface area contributed by atoms with E-state index in [0.29, 0.717) is 11.3 Å². The van der Waals surface area contributed by atoms with Gasteiger partial charge in [0.2, 0.25) is 0 Å². The van der Waals surface area contributed by atoms with Crippen LogP contribution in [-0.2, 0) is 0 Å². The van der Waals surface area contributed by atoms with Crippen LogP contribution >= 0.6 is 0 Å². The second kappa shape index (κ2) is 3.69. The van der Waals surface area contributed by atoms with Crippen LogP contribution in [0.1, 0.15) is 46.5 Å². The zero-order chi connectivity index (χ0) is 10.1. The lowest BCUT2D eigenvalue weighted by Gasteiger charge is -2.38. The van der Waals surface area contributed by atoms with Crippen molar-refractivity contribution in [3.05, 3.63) is 24.3 Å². The van der Waals surface area contributed by atoms with E-state index in [0.717, 1.165) is 6.42 Å². The highest BCUT2D eigenvalue weighted by Gasteiger charge is 2.31. The average Bonchev–Trinajstić information content (AvgIpc) is 1.98. The summed E-state index contributed by atoms with van der Waals surface area (Å²) in [6.07, 6.45) is 5.11. The number of hydrogen-bond donors (Lipinski definition) is 0. The number of allylic oxidation sites excluding steroid dienone is 2. The Kier molecular flexibility index (Phi) is 3.00. The summed E-state index contributed by atoms with van der Waals surface area (Å²) in [5.74, 6) is 0.696. The highest BCUT2D eigenvalue weighted by atomic mass is 14.4. The van der Waals surface area contributed by atoms with Crippen LogP contribution < -0.4 is 0 Å². The molecule has 0 N–H and O–H groups in total. The van der Waals surface area contributed by atoms with Crippen molar-refractivity contribution >= 4 is 0 Å². The summed E-state index contributed by atoms with van der Waals surface area (Å²) in [4.78, 5) is 0. The van der Waals surface area contributed by atoms with Crippen LogP contribution in [0, 0.1) is 11.3 Å². The van der Waals surface area contributed by atoms with Crippen LogP contribution in [0.5, 0.6) is 0 Å². The molecule has 74 valence electrons. The van der Waals surface area contributed by atoms with Crippen molar-refractivity contribution in [3.8, 4) is 0 Å². The molecule has 0 heterocycles. The second-order valence-corrected chi connectivity index (χ2v) is 5.16. The molecule has 13 heavy (non-hydrogen) atoms. The van der Waals surface area contributed by atoms with Gasteiger partial charge in [-0.1, -0.05) is 38.0 Å². The van der Waals surface area contributed by atoms with E-state index in [9.17, 15) is 0 Å². The van der Waals surface area contributed by atoms with Crippen LogP contribution in [0.4, 0.5) is 0 Å². The minimum absolute atomic E-state index is 0.359. The third-order valence-corrected chi connectivity index (χ3v) is 3.31. The standard InChI is InChI=1S/C13H22/c1-10(2)9-12-7-6-8-13(4,5)11(12)3/h12H,1,3,6-9H2,2,4-5H3. The van der Waals surface area contributed by atoms with Gasteiger partial charge in [0, 0.05) is 0 Å². The van der Waals surface area contributed by atoms with Crippen molar-refractivity contribution in [2.24, 2.45) is 11.3 Å². The maximum Gasteiger partial charge on any atom is -0.0144 e. The first kappa shape index (κ1) is 10.6. The third-order valence-electron chi connectivity index (χ3n) is 3.31. The van der Waals surface area contributed by atoms with Gasteiger partial charge in [-0.15, -0.1) is 6.58 Å². The number of hydrogen-bond acceptors (Lipinski definition) is 0. The summed E-state index contributed by atoms with van der Waals surface area (Å²) in [6, 6.07) is 0. The van der Waals surface area contributed by atoms with Gasteiger partial charge in [-0.2, -0.15) is 0 Å². The van der Waals surface area contributed by atoms with Gasteiger partial charge in [0.1, 0.15) is 0 Å². The molecule has 0 aromatic carbocycles. The monoisotopic (exact) mass is 178 g/mol. The zero-order valence-corrected chi connectivity index (χ0v) is 9.32. The maximum atomic E-state index is 4.26. The third kappa shape index (κ3) is 2.46. The summed E-state index contributed by atoms with van der Waals surface area (Å²) >= 11 is 0. The molecule has 0 saturated heterocycles. The molecule has 1 saturated carbocycles. The predicted octanol–water partition coefficient (Wildman–Crippen LogP) is 4.34. The van der Waals surface area contributed by atoms with E-state index in [4.69, 9.17) is 0 Å². The smallest absolute Gasteiger partial charge is 0.0144 e. The Labute approximate surface area is 82.7 Å². The van der Waals surface area contributed by atoms with Crippen LogP contribution in [0.2, 0.25) is 0 Å². The van der Waals surface area contributed by atoms with E-state index >= 15 is 0 Å². The van der Waals surface area contributed by atoms with Gasteiger partial charge < -0.3 is 0 Å². The van der Waals surface area contributed by atoms with E-state index < -0.39 is 0 Å². The fraction of sp³-hybridized carbons (Fsp3) is 0.692. The summed E-state index contributed by atoms with van der Waals surface area (Å²) < 4.78 is 0. The molecule has 0 bridgehead atoms. The number of rotatable bonds is 2. The largest absolute Gasteiger partial charge is 0.100 e. The molecule has 1 fully saturated rings. The predicted molar refractivity (Wildman–Crippen MR) is 59.7 cm³/mol. The molecule has 1 aliphatic rings. The lowest BCUT2D eigenvalue weighted by molar-refractivity contribution is 0.279. The van der Waals surface area contributed by atoms with Gasteiger partial charge in [0.05, 0.1) is 0 Å². The van der Waals surface area contributed by atoms with E-state index in [2.05, 4.69) is 33.9 Å². The second-order valence-electron chi connectivity index (χ2n) is 5.16. The fourth-order valence-electron chi connectivity index (χ4n) is 2.32. The fourth-order valence-corrected chi connectivity index (χ4v) is 2.32. The Bertz CT molecular complexity index is 220. The van der Waals surface area contributed by atoms with E-state index in [1.54, 1.807) is 0 Å². The Morgan fingerprint density at radius 1 is 1.54 bits per heavy atom. The first-order chi connectivity index (χ1) is 5.93. The summed E-state index contributed by atoms with van der Waals surface area (Å²) in [6.45, 7) is 15.0. The van der Waals surface area contributed by atoms with Crippen molar-refractivity contribution in [2.45, 2.75) is 46.5 Å². The van der Waals surface area contributed by atoms with Crippen molar-refractivity contribution in [2.75, 3.05) is 0 Å². The molecule has 0 amide bonds. The maximum absolute atomic E-state index is 4.26. The minimum atomic E-state index is 0.359. The van der Waals surface area contributed by atoms with E-state index in [-0.39, 0.29) is 0 Å². The Morgan fingerprint density at radius 2 is 2.15 bits per heavy atom. The van der Waals surface area contributed by atoms with Crippen LogP contribution in [0.3, 0.4) is 0 Å². The van der Waals surface area contributed by atoms with Crippen LogP contribution in [0.25, 0.3) is 0 Å². The molecule has 0 nitrogen and oxygen atoms in total. The average molecular weight is 178 g/mol. The van der Waals surface area contributed by atoms with Crippen molar-refractivity contribution in [1.82, 2.24) is 0 Å². The molecule has 0 aromatic heterocycles. The van der Waals surface area contributed by atoms with Gasteiger partial charge in [0.25, 0.3) is 0 Å². The molecule has 1 rings (SSSR count). The summed E-state index contributed by atoms with van der Waals surface area (Å²) in [5, 5.41) is 0. The molecular formula is C13H22. The normalized spacial score (nSPS) is 27.3. The molecule has 1 unspecified atom stereocenters. The van der Waals surface area contributed by atoms with Crippen LogP contribution in [0.15, 0.2) is 24.3 Å². The zero-order valence-electron chi connectivity index (χ0n) is 9.32. The first-order valence-electron chi connectivity index (χ1n) is 5.27. The Balaban J connectivity index is 2.66. The first-order valence-corrected chi connectivity index (χ1v) is 5.27. The highest BCUT2D eigenvalue weighted by Crippen LogP contribution is 2.44. The quantitative estimate of drug-likeness (QED) is 0.552. The van der Waals surface area contributed by atoms with Crippen LogP contribution in [-0.4, -0.2) is 0 Å². The van der Waals surface area contributed by atoms with E-state index in [1.807, 2.05) is 0 Å². The SMILES string of the molecule is C=C(C)CC1CCCC(C)(C)C1=C.